The third-order valence-corrected chi connectivity index (χ3v) is 3.44. The molecule has 0 aliphatic carbocycles. The molecule has 1 atom stereocenters. The van der Waals surface area contributed by atoms with Crippen molar-refractivity contribution in [3.05, 3.63) is 0 Å². The number of carbonyl (C=O) groups excluding carboxylic acids is 2. The van der Waals surface area contributed by atoms with E-state index in [1.807, 2.05) is 0 Å². The summed E-state index contributed by atoms with van der Waals surface area (Å²) in [5, 5.41) is 18.3. The number of hydrogen-bond donors (Lipinski definition) is 3. The Balaban J connectivity index is 2.61. The Labute approximate surface area is 117 Å². The van der Waals surface area contributed by atoms with Crippen molar-refractivity contribution >= 4 is 17.9 Å². The number of amides is 3. The van der Waals surface area contributed by atoms with Crippen molar-refractivity contribution in [2.45, 2.75) is 25.9 Å². The second kappa shape index (κ2) is 7.09. The highest BCUT2D eigenvalue weighted by atomic mass is 16.4. The SMILES string of the molecule is CC(O)C1CCN(C(=O)N(CC(N)=O)CC(=O)O)CC1. The first kappa shape index (κ1) is 16.2. The number of likely N-dealkylation sites (tertiary alicyclic amines) is 1. The Morgan fingerprint density at radius 3 is 2.25 bits per heavy atom. The molecule has 1 heterocycles. The largest absolute Gasteiger partial charge is 0.480 e. The minimum absolute atomic E-state index is 0.142. The second-order valence-electron chi connectivity index (χ2n) is 5.06. The number of urea groups is 1. The van der Waals surface area contributed by atoms with Crippen LogP contribution in [0.15, 0.2) is 0 Å². The fraction of sp³-hybridized carbons (Fsp3) is 0.750. The molecular weight excluding hydrogens is 266 g/mol. The number of carboxylic acid groups (broad SMARTS) is 1. The van der Waals surface area contributed by atoms with Crippen LogP contribution in [0.4, 0.5) is 4.79 Å². The predicted octanol–water partition coefficient (Wildman–Crippen LogP) is -0.929. The molecular formula is C12H21N3O5. The minimum Gasteiger partial charge on any atom is -0.480 e. The van der Waals surface area contributed by atoms with Crippen molar-refractivity contribution in [2.24, 2.45) is 11.7 Å². The van der Waals surface area contributed by atoms with Gasteiger partial charge < -0.3 is 25.7 Å². The second-order valence-corrected chi connectivity index (χ2v) is 5.06. The minimum atomic E-state index is -1.20. The Hall–Kier alpha value is -1.83. The fourth-order valence-electron chi connectivity index (χ4n) is 2.32. The highest BCUT2D eigenvalue weighted by Crippen LogP contribution is 2.21. The molecule has 0 radical (unpaired) electrons. The smallest absolute Gasteiger partial charge is 0.323 e. The Morgan fingerprint density at radius 1 is 1.30 bits per heavy atom. The molecule has 0 aromatic carbocycles. The van der Waals surface area contributed by atoms with E-state index in [2.05, 4.69) is 0 Å². The number of hydrogen-bond acceptors (Lipinski definition) is 4. The summed E-state index contributed by atoms with van der Waals surface area (Å²) in [6, 6.07) is -0.504. The summed E-state index contributed by atoms with van der Waals surface area (Å²) < 4.78 is 0. The number of primary amides is 1. The van der Waals surface area contributed by atoms with Gasteiger partial charge in [0.05, 0.1) is 6.10 Å². The zero-order valence-corrected chi connectivity index (χ0v) is 11.5. The monoisotopic (exact) mass is 287 g/mol. The topological polar surface area (TPSA) is 124 Å². The van der Waals surface area contributed by atoms with Gasteiger partial charge in [0.1, 0.15) is 13.1 Å². The molecule has 20 heavy (non-hydrogen) atoms. The van der Waals surface area contributed by atoms with Crippen LogP contribution in [0, 0.1) is 5.92 Å². The number of rotatable bonds is 5. The molecule has 4 N–H and O–H groups in total. The normalized spacial score (nSPS) is 17.6. The molecule has 8 heteroatoms. The molecule has 0 spiro atoms. The summed E-state index contributed by atoms with van der Waals surface area (Å²) >= 11 is 0. The zero-order valence-electron chi connectivity index (χ0n) is 11.5. The van der Waals surface area contributed by atoms with Crippen LogP contribution in [0.2, 0.25) is 0 Å². The standard InChI is InChI=1S/C12H21N3O5/c1-8(16)9-2-4-14(5-3-9)12(20)15(6-10(13)17)7-11(18)19/h8-9,16H,2-7H2,1H3,(H2,13,17)(H,18,19). The third-order valence-electron chi connectivity index (χ3n) is 3.44. The highest BCUT2D eigenvalue weighted by molar-refractivity contribution is 5.86. The van der Waals surface area contributed by atoms with Crippen molar-refractivity contribution < 1.29 is 24.6 Å². The van der Waals surface area contributed by atoms with Gasteiger partial charge in [-0.2, -0.15) is 0 Å². The molecule has 0 aromatic rings. The summed E-state index contributed by atoms with van der Waals surface area (Å²) in [4.78, 5) is 36.2. The zero-order chi connectivity index (χ0) is 15.3. The number of carboxylic acids is 1. The maximum atomic E-state index is 12.2. The summed E-state index contributed by atoms with van der Waals surface area (Å²) in [5.74, 6) is -1.81. The summed E-state index contributed by atoms with van der Waals surface area (Å²) in [7, 11) is 0. The van der Waals surface area contributed by atoms with Crippen molar-refractivity contribution in [3.8, 4) is 0 Å². The number of aliphatic hydroxyl groups is 1. The van der Waals surface area contributed by atoms with Gasteiger partial charge in [-0.3, -0.25) is 9.59 Å². The first-order chi connectivity index (χ1) is 9.31. The first-order valence-electron chi connectivity index (χ1n) is 6.53. The van der Waals surface area contributed by atoms with Crippen LogP contribution in [-0.4, -0.2) is 70.2 Å². The highest BCUT2D eigenvalue weighted by Gasteiger charge is 2.29. The molecule has 0 bridgehead atoms. The summed E-state index contributed by atoms with van der Waals surface area (Å²) in [6.07, 6.45) is 0.884. The van der Waals surface area contributed by atoms with E-state index in [0.29, 0.717) is 25.9 Å². The lowest BCUT2D eigenvalue weighted by atomic mass is 9.92. The van der Waals surface area contributed by atoms with Gasteiger partial charge in [-0.05, 0) is 25.7 Å². The van der Waals surface area contributed by atoms with Crippen molar-refractivity contribution in [3.63, 3.8) is 0 Å². The van der Waals surface area contributed by atoms with Gasteiger partial charge in [0.15, 0.2) is 0 Å². The molecule has 1 saturated heterocycles. The molecule has 1 fully saturated rings. The van der Waals surface area contributed by atoms with Crippen LogP contribution in [0.1, 0.15) is 19.8 Å². The fourth-order valence-corrected chi connectivity index (χ4v) is 2.32. The van der Waals surface area contributed by atoms with Crippen LogP contribution in [0.5, 0.6) is 0 Å². The van der Waals surface area contributed by atoms with Gasteiger partial charge in [0, 0.05) is 13.1 Å². The van der Waals surface area contributed by atoms with Crippen LogP contribution in [-0.2, 0) is 9.59 Å². The van der Waals surface area contributed by atoms with E-state index < -0.39 is 37.1 Å². The maximum absolute atomic E-state index is 12.2. The average Bonchev–Trinajstić information content (AvgIpc) is 2.36. The molecule has 8 nitrogen and oxygen atoms in total. The molecule has 0 aromatic heterocycles. The summed E-state index contributed by atoms with van der Waals surface area (Å²) in [6.45, 7) is 1.61. The van der Waals surface area contributed by atoms with Crippen molar-refractivity contribution in [1.82, 2.24) is 9.80 Å². The van der Waals surface area contributed by atoms with Gasteiger partial charge in [-0.25, -0.2) is 4.79 Å². The predicted molar refractivity (Wildman–Crippen MR) is 69.8 cm³/mol. The molecule has 1 unspecified atom stereocenters. The van der Waals surface area contributed by atoms with Gasteiger partial charge in [-0.1, -0.05) is 0 Å². The molecule has 0 saturated carbocycles. The lowest BCUT2D eigenvalue weighted by Crippen LogP contribution is -2.51. The van der Waals surface area contributed by atoms with E-state index in [1.165, 1.54) is 4.90 Å². The lowest BCUT2D eigenvalue weighted by Gasteiger charge is -2.35. The number of nitrogens with two attached hydrogens (primary N) is 1. The van der Waals surface area contributed by atoms with Crippen molar-refractivity contribution in [2.75, 3.05) is 26.2 Å². The first-order valence-corrected chi connectivity index (χ1v) is 6.53. The van der Waals surface area contributed by atoms with E-state index in [1.54, 1.807) is 6.92 Å². The lowest BCUT2D eigenvalue weighted by molar-refractivity contribution is -0.138. The molecule has 1 aliphatic rings. The molecule has 1 rings (SSSR count). The average molecular weight is 287 g/mol. The number of aliphatic hydroxyl groups excluding tert-OH is 1. The Morgan fingerprint density at radius 2 is 1.85 bits per heavy atom. The van der Waals surface area contributed by atoms with Gasteiger partial charge in [0.25, 0.3) is 0 Å². The van der Waals surface area contributed by atoms with Crippen molar-refractivity contribution in [1.29, 1.82) is 0 Å². The molecule has 1 aliphatic heterocycles. The van der Waals surface area contributed by atoms with E-state index in [4.69, 9.17) is 10.8 Å². The van der Waals surface area contributed by atoms with E-state index in [0.717, 1.165) is 4.90 Å². The third kappa shape index (κ3) is 4.69. The van der Waals surface area contributed by atoms with E-state index >= 15 is 0 Å². The maximum Gasteiger partial charge on any atom is 0.323 e. The molecule has 114 valence electrons. The van der Waals surface area contributed by atoms with Crippen LogP contribution >= 0.6 is 0 Å². The quantitative estimate of drug-likeness (QED) is 0.602. The van der Waals surface area contributed by atoms with Crippen LogP contribution in [0.3, 0.4) is 0 Å². The Bertz CT molecular complexity index is 361. The van der Waals surface area contributed by atoms with E-state index in [-0.39, 0.29) is 5.92 Å². The number of piperidine rings is 1. The number of carbonyl (C=O) groups is 3. The van der Waals surface area contributed by atoms with Gasteiger partial charge in [-0.15, -0.1) is 0 Å². The van der Waals surface area contributed by atoms with Crippen LogP contribution in [0.25, 0.3) is 0 Å². The van der Waals surface area contributed by atoms with E-state index in [9.17, 15) is 19.5 Å². The van der Waals surface area contributed by atoms with Crippen LogP contribution < -0.4 is 5.73 Å². The van der Waals surface area contributed by atoms with Gasteiger partial charge >= 0.3 is 12.0 Å². The number of aliphatic carboxylic acids is 1. The van der Waals surface area contributed by atoms with Gasteiger partial charge in [0.2, 0.25) is 5.91 Å². The summed E-state index contributed by atoms with van der Waals surface area (Å²) in [5.41, 5.74) is 5.02. The Kier molecular flexibility index (Phi) is 5.75. The molecule has 3 amide bonds. The number of nitrogens with zero attached hydrogens (tertiary/aromatic N) is 2.